The van der Waals surface area contributed by atoms with Crippen molar-refractivity contribution in [1.82, 2.24) is 20.0 Å². The quantitative estimate of drug-likeness (QED) is 0.433. The fourth-order valence-electron chi connectivity index (χ4n) is 4.09. The zero-order valence-corrected chi connectivity index (χ0v) is 19.1. The summed E-state index contributed by atoms with van der Waals surface area (Å²) in [4.78, 5) is 7.28. The highest BCUT2D eigenvalue weighted by Gasteiger charge is 2.26. The molecule has 1 N–H and O–H groups in total. The first-order chi connectivity index (χ1) is 15.7. The third-order valence-electron chi connectivity index (χ3n) is 5.85. The van der Waals surface area contributed by atoms with Gasteiger partial charge < -0.3 is 15.0 Å². The lowest BCUT2D eigenvalue weighted by molar-refractivity contribution is 0.306. The SMILES string of the molecule is CCNC(=NCCc1ccc(OCc2ccccc2)cc1)N1CCC(c2cnn(C)c2)C1. The highest BCUT2D eigenvalue weighted by Crippen LogP contribution is 2.26. The summed E-state index contributed by atoms with van der Waals surface area (Å²) in [6, 6.07) is 18.6. The lowest BCUT2D eigenvalue weighted by Gasteiger charge is -2.21. The molecule has 6 nitrogen and oxygen atoms in total. The largest absolute Gasteiger partial charge is 0.489 e. The molecule has 168 valence electrons. The van der Waals surface area contributed by atoms with E-state index >= 15 is 0 Å². The fourth-order valence-corrected chi connectivity index (χ4v) is 4.09. The molecule has 1 aliphatic rings. The number of benzene rings is 2. The topological polar surface area (TPSA) is 54.7 Å². The van der Waals surface area contributed by atoms with Gasteiger partial charge in [0, 0.05) is 45.3 Å². The maximum Gasteiger partial charge on any atom is 0.193 e. The molecule has 3 aromatic rings. The average molecular weight is 432 g/mol. The zero-order chi connectivity index (χ0) is 22.2. The van der Waals surface area contributed by atoms with Crippen molar-refractivity contribution in [3.63, 3.8) is 0 Å². The Morgan fingerprint density at radius 1 is 1.12 bits per heavy atom. The predicted octanol–water partition coefficient (Wildman–Crippen LogP) is 4.00. The summed E-state index contributed by atoms with van der Waals surface area (Å²) < 4.78 is 7.77. The Labute approximate surface area is 190 Å². The Kier molecular flexibility index (Phi) is 7.43. The second-order valence-electron chi connectivity index (χ2n) is 8.28. The summed E-state index contributed by atoms with van der Waals surface area (Å²) in [6.45, 7) is 6.37. The van der Waals surface area contributed by atoms with Crippen molar-refractivity contribution < 1.29 is 4.74 Å². The van der Waals surface area contributed by atoms with Gasteiger partial charge in [0.1, 0.15) is 12.4 Å². The third-order valence-corrected chi connectivity index (χ3v) is 5.85. The molecule has 2 heterocycles. The number of nitrogens with zero attached hydrogens (tertiary/aromatic N) is 4. The van der Waals surface area contributed by atoms with Crippen molar-refractivity contribution >= 4 is 5.96 Å². The minimum atomic E-state index is 0.524. The second kappa shape index (κ2) is 10.8. The first-order valence-corrected chi connectivity index (χ1v) is 11.5. The van der Waals surface area contributed by atoms with E-state index in [-0.39, 0.29) is 0 Å². The summed E-state index contributed by atoms with van der Waals surface area (Å²) in [5, 5.41) is 7.79. The van der Waals surface area contributed by atoms with Crippen molar-refractivity contribution in [1.29, 1.82) is 0 Å². The summed E-state index contributed by atoms with van der Waals surface area (Å²) in [5.74, 6) is 2.44. The smallest absolute Gasteiger partial charge is 0.193 e. The normalized spacial score (nSPS) is 16.4. The van der Waals surface area contributed by atoms with Crippen LogP contribution in [-0.2, 0) is 20.1 Å². The van der Waals surface area contributed by atoms with Crippen LogP contribution in [0.1, 0.15) is 36.0 Å². The molecule has 4 rings (SSSR count). The van der Waals surface area contributed by atoms with Crippen LogP contribution >= 0.6 is 0 Å². The van der Waals surface area contributed by atoms with Gasteiger partial charge in [-0.3, -0.25) is 9.67 Å². The van der Waals surface area contributed by atoms with Gasteiger partial charge in [-0.05, 0) is 48.6 Å². The minimum Gasteiger partial charge on any atom is -0.489 e. The number of hydrogen-bond acceptors (Lipinski definition) is 3. The lowest BCUT2D eigenvalue weighted by atomic mass is 10.0. The van der Waals surface area contributed by atoms with Crippen LogP contribution in [0.5, 0.6) is 5.75 Å². The van der Waals surface area contributed by atoms with E-state index in [9.17, 15) is 0 Å². The Bertz CT molecular complexity index is 997. The molecule has 0 radical (unpaired) electrons. The van der Waals surface area contributed by atoms with Crippen molar-refractivity contribution in [3.05, 3.63) is 83.7 Å². The van der Waals surface area contributed by atoms with Crippen LogP contribution in [-0.4, -0.2) is 46.8 Å². The standard InChI is InChI=1S/C26H33N5O/c1-3-27-26(31-16-14-23(19-31)24-17-29-30(2)18-24)28-15-13-21-9-11-25(12-10-21)32-20-22-7-5-4-6-8-22/h4-12,17-18,23H,3,13-16,19-20H2,1-2H3,(H,27,28). The van der Waals surface area contributed by atoms with Crippen LogP contribution in [0.2, 0.25) is 0 Å². The van der Waals surface area contributed by atoms with Crippen molar-refractivity contribution in [2.45, 2.75) is 32.3 Å². The number of hydrogen-bond donors (Lipinski definition) is 1. The molecule has 1 atom stereocenters. The Morgan fingerprint density at radius 2 is 1.94 bits per heavy atom. The average Bonchev–Trinajstić information content (AvgIpc) is 3.48. The number of aromatic nitrogens is 2. The lowest BCUT2D eigenvalue weighted by Crippen LogP contribution is -2.40. The number of nitrogens with one attached hydrogen (secondary N) is 1. The van der Waals surface area contributed by atoms with Crippen LogP contribution in [0.3, 0.4) is 0 Å². The molecule has 1 aromatic heterocycles. The van der Waals surface area contributed by atoms with E-state index in [1.54, 1.807) is 0 Å². The van der Waals surface area contributed by atoms with E-state index in [0.717, 1.165) is 50.7 Å². The van der Waals surface area contributed by atoms with Gasteiger partial charge in [-0.25, -0.2) is 0 Å². The number of guanidine groups is 1. The monoisotopic (exact) mass is 431 g/mol. The van der Waals surface area contributed by atoms with E-state index in [2.05, 4.69) is 52.7 Å². The molecule has 1 aliphatic heterocycles. The second-order valence-corrected chi connectivity index (χ2v) is 8.28. The van der Waals surface area contributed by atoms with Gasteiger partial charge in [-0.1, -0.05) is 42.5 Å². The number of aryl methyl sites for hydroxylation is 1. The van der Waals surface area contributed by atoms with Gasteiger partial charge in [-0.15, -0.1) is 0 Å². The van der Waals surface area contributed by atoms with E-state index in [1.807, 2.05) is 48.3 Å². The van der Waals surface area contributed by atoms with Crippen molar-refractivity contribution in [2.75, 3.05) is 26.2 Å². The molecule has 2 aromatic carbocycles. The molecule has 0 amide bonds. The third kappa shape index (κ3) is 5.90. The number of aliphatic imine (C=N–C) groups is 1. The van der Waals surface area contributed by atoms with Gasteiger partial charge >= 0.3 is 0 Å². The molecule has 0 saturated carbocycles. The molecule has 6 heteroatoms. The molecule has 1 saturated heterocycles. The summed E-state index contributed by atoms with van der Waals surface area (Å²) in [7, 11) is 1.98. The van der Waals surface area contributed by atoms with Gasteiger partial charge in [0.2, 0.25) is 0 Å². The molecule has 0 aliphatic carbocycles. The Morgan fingerprint density at radius 3 is 2.66 bits per heavy atom. The highest BCUT2D eigenvalue weighted by molar-refractivity contribution is 5.80. The van der Waals surface area contributed by atoms with E-state index in [4.69, 9.17) is 9.73 Å². The maximum atomic E-state index is 5.89. The molecule has 32 heavy (non-hydrogen) atoms. The molecule has 1 unspecified atom stereocenters. The van der Waals surface area contributed by atoms with Gasteiger partial charge in [0.15, 0.2) is 5.96 Å². The first kappa shape index (κ1) is 21.9. The molecular weight excluding hydrogens is 398 g/mol. The van der Waals surface area contributed by atoms with Crippen LogP contribution < -0.4 is 10.1 Å². The van der Waals surface area contributed by atoms with E-state index < -0.39 is 0 Å². The van der Waals surface area contributed by atoms with E-state index in [0.29, 0.717) is 12.5 Å². The van der Waals surface area contributed by atoms with E-state index in [1.165, 1.54) is 16.7 Å². The number of ether oxygens (including phenoxy) is 1. The highest BCUT2D eigenvalue weighted by atomic mass is 16.5. The molecule has 1 fully saturated rings. The number of likely N-dealkylation sites (tertiary alicyclic amines) is 1. The summed E-state index contributed by atoms with van der Waals surface area (Å²) in [6.07, 6.45) is 6.17. The molecular formula is C26H33N5O. The first-order valence-electron chi connectivity index (χ1n) is 11.5. The van der Waals surface area contributed by atoms with Gasteiger partial charge in [0.05, 0.1) is 6.20 Å². The molecule has 0 bridgehead atoms. The molecule has 0 spiro atoms. The van der Waals surface area contributed by atoms with Gasteiger partial charge in [-0.2, -0.15) is 5.10 Å². The predicted molar refractivity (Wildman–Crippen MR) is 129 cm³/mol. The number of rotatable bonds is 8. The van der Waals surface area contributed by atoms with Crippen LogP contribution in [0.25, 0.3) is 0 Å². The zero-order valence-electron chi connectivity index (χ0n) is 19.1. The van der Waals surface area contributed by atoms with Crippen LogP contribution in [0.4, 0.5) is 0 Å². The maximum absolute atomic E-state index is 5.89. The summed E-state index contributed by atoms with van der Waals surface area (Å²) in [5.41, 5.74) is 3.77. The summed E-state index contributed by atoms with van der Waals surface area (Å²) >= 11 is 0. The van der Waals surface area contributed by atoms with Gasteiger partial charge in [0.25, 0.3) is 0 Å². The Hall–Kier alpha value is -3.28. The fraction of sp³-hybridized carbons (Fsp3) is 0.385. The van der Waals surface area contributed by atoms with Crippen molar-refractivity contribution in [2.24, 2.45) is 12.0 Å². The van der Waals surface area contributed by atoms with Crippen LogP contribution in [0.15, 0.2) is 72.0 Å². The Balaban J connectivity index is 1.28. The minimum absolute atomic E-state index is 0.524. The van der Waals surface area contributed by atoms with Crippen molar-refractivity contribution in [3.8, 4) is 5.75 Å². The van der Waals surface area contributed by atoms with Crippen LogP contribution in [0, 0.1) is 0 Å².